The van der Waals surface area contributed by atoms with Crippen LogP contribution in [0, 0.1) is 5.82 Å². The minimum Gasteiger partial charge on any atom is -0.306 e. The Kier molecular flexibility index (Phi) is 4.65. The van der Waals surface area contributed by atoms with Gasteiger partial charge in [-0.05, 0) is 43.5 Å². The Morgan fingerprint density at radius 3 is 2.83 bits per heavy atom. The van der Waals surface area contributed by atoms with Gasteiger partial charge in [0.15, 0.2) is 5.82 Å². The van der Waals surface area contributed by atoms with Gasteiger partial charge in [-0.25, -0.2) is 18.7 Å². The summed E-state index contributed by atoms with van der Waals surface area (Å²) in [5, 5.41) is 12.5. The summed E-state index contributed by atoms with van der Waals surface area (Å²) in [7, 11) is 0. The Bertz CT molecular complexity index is 1120. The summed E-state index contributed by atoms with van der Waals surface area (Å²) in [6.07, 6.45) is 10.5. The van der Waals surface area contributed by atoms with Crippen molar-refractivity contribution < 1.29 is 4.39 Å². The van der Waals surface area contributed by atoms with E-state index in [0.29, 0.717) is 12.2 Å². The minimum atomic E-state index is -0.283. The molecule has 5 rings (SSSR count). The Morgan fingerprint density at radius 1 is 1.07 bits per heavy atom. The SMILES string of the molecule is Fc1ccccc1-n1cc(CNC2CCCc3c2cnn3-c2ccccn2)cn1. The van der Waals surface area contributed by atoms with Crippen LogP contribution in [0.25, 0.3) is 11.5 Å². The smallest absolute Gasteiger partial charge is 0.153 e. The van der Waals surface area contributed by atoms with Crippen molar-refractivity contribution in [3.63, 3.8) is 0 Å². The van der Waals surface area contributed by atoms with Gasteiger partial charge in [-0.15, -0.1) is 0 Å². The van der Waals surface area contributed by atoms with Crippen LogP contribution in [0.5, 0.6) is 0 Å². The number of fused-ring (bicyclic) bond motifs is 1. The predicted molar refractivity (Wildman–Crippen MR) is 107 cm³/mol. The van der Waals surface area contributed by atoms with Crippen molar-refractivity contribution in [3.05, 3.63) is 89.9 Å². The third kappa shape index (κ3) is 3.45. The monoisotopic (exact) mass is 388 g/mol. The number of nitrogens with zero attached hydrogens (tertiary/aromatic N) is 5. The van der Waals surface area contributed by atoms with Crippen LogP contribution < -0.4 is 5.32 Å². The Balaban J connectivity index is 1.32. The highest BCUT2D eigenvalue weighted by molar-refractivity contribution is 5.34. The van der Waals surface area contributed by atoms with Crippen LogP contribution in [0.15, 0.2) is 67.3 Å². The summed E-state index contributed by atoms with van der Waals surface area (Å²) in [4.78, 5) is 4.42. The summed E-state index contributed by atoms with van der Waals surface area (Å²) < 4.78 is 17.5. The zero-order chi connectivity index (χ0) is 19.6. The number of aromatic nitrogens is 5. The molecular weight excluding hydrogens is 367 g/mol. The first kappa shape index (κ1) is 17.8. The van der Waals surface area contributed by atoms with Gasteiger partial charge in [-0.3, -0.25) is 0 Å². The van der Waals surface area contributed by atoms with Crippen molar-refractivity contribution in [1.82, 2.24) is 29.9 Å². The molecule has 1 aliphatic rings. The van der Waals surface area contributed by atoms with Crippen LogP contribution in [-0.4, -0.2) is 24.5 Å². The quantitative estimate of drug-likeness (QED) is 0.566. The fourth-order valence-corrected chi connectivity index (χ4v) is 3.91. The molecule has 1 N–H and O–H groups in total. The highest BCUT2D eigenvalue weighted by Gasteiger charge is 2.24. The first-order valence-electron chi connectivity index (χ1n) is 9.79. The van der Waals surface area contributed by atoms with Crippen LogP contribution in [0.2, 0.25) is 0 Å². The molecule has 0 fully saturated rings. The number of halogens is 1. The standard InChI is InChI=1S/C22H21FN6/c23-18-6-1-2-8-21(18)28-15-16(13-26-28)12-25-19-7-5-9-20-17(19)14-27-29(20)22-10-3-4-11-24-22/h1-4,6,8,10-11,13-15,19,25H,5,7,9,12H2. The van der Waals surface area contributed by atoms with Crippen molar-refractivity contribution in [3.8, 4) is 11.5 Å². The third-order valence-corrected chi connectivity index (χ3v) is 5.34. The molecule has 4 aromatic rings. The lowest BCUT2D eigenvalue weighted by molar-refractivity contribution is 0.454. The molecule has 0 radical (unpaired) electrons. The Hall–Kier alpha value is -3.32. The van der Waals surface area contributed by atoms with Gasteiger partial charge in [-0.1, -0.05) is 18.2 Å². The van der Waals surface area contributed by atoms with Crippen molar-refractivity contribution in [2.45, 2.75) is 31.8 Å². The summed E-state index contributed by atoms with van der Waals surface area (Å²) in [6, 6.07) is 12.7. The Morgan fingerprint density at radius 2 is 1.97 bits per heavy atom. The maximum Gasteiger partial charge on any atom is 0.153 e. The number of rotatable bonds is 5. The van der Waals surface area contributed by atoms with Crippen LogP contribution >= 0.6 is 0 Å². The van der Waals surface area contributed by atoms with E-state index >= 15 is 0 Å². The molecule has 3 aromatic heterocycles. The van der Waals surface area contributed by atoms with Crippen LogP contribution in [0.3, 0.4) is 0 Å². The van der Waals surface area contributed by atoms with Gasteiger partial charge in [0.25, 0.3) is 0 Å². The molecule has 6 nitrogen and oxygen atoms in total. The van der Waals surface area contributed by atoms with E-state index in [1.807, 2.05) is 35.3 Å². The number of nitrogens with one attached hydrogen (secondary N) is 1. The van der Waals surface area contributed by atoms with Crippen LogP contribution in [0.4, 0.5) is 4.39 Å². The molecule has 1 unspecified atom stereocenters. The van der Waals surface area contributed by atoms with Crippen molar-refractivity contribution in [2.24, 2.45) is 0 Å². The van der Waals surface area contributed by atoms with E-state index in [9.17, 15) is 4.39 Å². The van der Waals surface area contributed by atoms with Gasteiger partial charge in [0.05, 0.1) is 18.1 Å². The van der Waals surface area contributed by atoms with Gasteiger partial charge in [0.1, 0.15) is 11.5 Å². The molecule has 3 heterocycles. The number of pyridine rings is 1. The molecule has 7 heteroatoms. The second-order valence-corrected chi connectivity index (χ2v) is 7.22. The lowest BCUT2D eigenvalue weighted by Gasteiger charge is -2.24. The largest absolute Gasteiger partial charge is 0.306 e. The van der Waals surface area contributed by atoms with Gasteiger partial charge in [0.2, 0.25) is 0 Å². The highest BCUT2D eigenvalue weighted by atomic mass is 19.1. The van der Waals surface area contributed by atoms with Crippen LogP contribution in [-0.2, 0) is 13.0 Å². The zero-order valence-electron chi connectivity index (χ0n) is 15.9. The van der Waals surface area contributed by atoms with Gasteiger partial charge in [-0.2, -0.15) is 10.2 Å². The van der Waals surface area contributed by atoms with Gasteiger partial charge in [0, 0.05) is 36.1 Å². The second-order valence-electron chi connectivity index (χ2n) is 7.22. The van der Waals surface area contributed by atoms with Crippen LogP contribution in [0.1, 0.15) is 35.7 Å². The van der Waals surface area contributed by atoms with E-state index in [1.54, 1.807) is 35.3 Å². The fraction of sp³-hybridized carbons (Fsp3) is 0.227. The first-order chi connectivity index (χ1) is 14.3. The number of para-hydroxylation sites is 1. The number of hydrogen-bond acceptors (Lipinski definition) is 4. The topological polar surface area (TPSA) is 60.6 Å². The minimum absolute atomic E-state index is 0.230. The maximum absolute atomic E-state index is 14.0. The average molecular weight is 388 g/mol. The highest BCUT2D eigenvalue weighted by Crippen LogP contribution is 2.31. The van der Waals surface area contributed by atoms with E-state index < -0.39 is 0 Å². The molecule has 0 bridgehead atoms. The molecule has 0 saturated carbocycles. The zero-order valence-corrected chi connectivity index (χ0v) is 15.9. The summed E-state index contributed by atoms with van der Waals surface area (Å²) in [5.41, 5.74) is 3.91. The number of benzene rings is 1. The molecule has 0 spiro atoms. The lowest BCUT2D eigenvalue weighted by Crippen LogP contribution is -2.25. The molecule has 0 saturated heterocycles. The van der Waals surface area contributed by atoms with Crippen molar-refractivity contribution in [2.75, 3.05) is 0 Å². The van der Waals surface area contributed by atoms with E-state index in [4.69, 9.17) is 0 Å². The maximum atomic E-state index is 14.0. The Labute approximate surface area is 168 Å². The second kappa shape index (κ2) is 7.60. The molecule has 0 amide bonds. The van der Waals surface area contributed by atoms with E-state index in [0.717, 1.165) is 30.6 Å². The molecule has 146 valence electrons. The van der Waals surface area contributed by atoms with E-state index in [2.05, 4.69) is 20.5 Å². The average Bonchev–Trinajstić information content (AvgIpc) is 3.41. The predicted octanol–water partition coefficient (Wildman–Crippen LogP) is 3.76. The van der Waals surface area contributed by atoms with E-state index in [-0.39, 0.29) is 11.9 Å². The molecule has 1 aromatic carbocycles. The molecule has 0 aliphatic heterocycles. The third-order valence-electron chi connectivity index (χ3n) is 5.34. The molecule has 29 heavy (non-hydrogen) atoms. The number of hydrogen-bond donors (Lipinski definition) is 1. The van der Waals surface area contributed by atoms with E-state index in [1.165, 1.54) is 17.3 Å². The molecule has 1 aliphatic carbocycles. The normalized spacial score (nSPS) is 16.0. The molecular formula is C22H21FN6. The summed E-state index contributed by atoms with van der Waals surface area (Å²) in [5.74, 6) is 0.564. The lowest BCUT2D eigenvalue weighted by atomic mass is 9.93. The molecule has 1 atom stereocenters. The first-order valence-corrected chi connectivity index (χ1v) is 9.79. The summed E-state index contributed by atoms with van der Waals surface area (Å²) >= 11 is 0. The van der Waals surface area contributed by atoms with Crippen molar-refractivity contribution >= 4 is 0 Å². The van der Waals surface area contributed by atoms with Gasteiger partial charge < -0.3 is 5.32 Å². The summed E-state index contributed by atoms with van der Waals surface area (Å²) in [6.45, 7) is 0.660. The fourth-order valence-electron chi connectivity index (χ4n) is 3.91. The van der Waals surface area contributed by atoms with Gasteiger partial charge >= 0.3 is 0 Å². The van der Waals surface area contributed by atoms with Crippen molar-refractivity contribution in [1.29, 1.82) is 0 Å².